The summed E-state index contributed by atoms with van der Waals surface area (Å²) in [5.41, 5.74) is -2.46. The van der Waals surface area contributed by atoms with Crippen LogP contribution in [0.15, 0.2) is 42.5 Å². The van der Waals surface area contributed by atoms with Gasteiger partial charge in [-0.3, -0.25) is 14.4 Å². The van der Waals surface area contributed by atoms with Crippen molar-refractivity contribution in [1.82, 2.24) is 0 Å². The molecule has 3 aromatic carbocycles. The minimum absolute atomic E-state index is 0.199. The van der Waals surface area contributed by atoms with Gasteiger partial charge >= 0.3 is 6.43 Å². The molecular formula is C25H13Cl5F5N3O3. The number of amides is 3. The van der Waals surface area contributed by atoms with Crippen LogP contribution < -0.4 is 16.0 Å². The molecule has 0 heterocycles. The molecule has 0 aliphatic heterocycles. The highest BCUT2D eigenvalue weighted by Crippen LogP contribution is 2.65. The van der Waals surface area contributed by atoms with E-state index in [2.05, 4.69) is 5.32 Å². The number of carbonyl (C=O) groups is 3. The largest absolute Gasteiger partial charge is 0.326 e. The quantitative estimate of drug-likeness (QED) is 0.175. The summed E-state index contributed by atoms with van der Waals surface area (Å²) in [5, 5.41) is 5.41. The summed E-state index contributed by atoms with van der Waals surface area (Å²) in [6, 6.07) is 7.48. The molecule has 4 rings (SSSR count). The van der Waals surface area contributed by atoms with Gasteiger partial charge in [0.15, 0.2) is 5.82 Å². The summed E-state index contributed by atoms with van der Waals surface area (Å²) < 4.78 is 67.1. The van der Waals surface area contributed by atoms with Crippen molar-refractivity contribution >= 4 is 92.8 Å². The number of nitrogens with one attached hydrogen (secondary N) is 3. The smallest absolute Gasteiger partial charge is 0.315 e. The van der Waals surface area contributed by atoms with E-state index in [4.69, 9.17) is 58.0 Å². The third-order valence-corrected chi connectivity index (χ3v) is 8.03. The number of carbonyl (C=O) groups excluding carboxylic acids is 3. The molecule has 0 radical (unpaired) electrons. The van der Waals surface area contributed by atoms with Crippen LogP contribution >= 0.6 is 58.0 Å². The third-order valence-electron chi connectivity index (χ3n) is 5.96. The Morgan fingerprint density at radius 3 is 2.15 bits per heavy atom. The van der Waals surface area contributed by atoms with Gasteiger partial charge in [-0.05, 0) is 42.0 Å². The average molecular weight is 676 g/mol. The third kappa shape index (κ3) is 6.34. The first-order valence-electron chi connectivity index (χ1n) is 11.1. The summed E-state index contributed by atoms with van der Waals surface area (Å²) in [7, 11) is 0. The fourth-order valence-corrected chi connectivity index (χ4v) is 5.28. The fourth-order valence-electron chi connectivity index (χ4n) is 3.95. The average Bonchev–Trinajstić information content (AvgIpc) is 3.48. The Balaban J connectivity index is 1.56. The maximum atomic E-state index is 14.7. The van der Waals surface area contributed by atoms with Crippen LogP contribution in [0.4, 0.5) is 39.0 Å². The van der Waals surface area contributed by atoms with Crippen LogP contribution in [-0.2, 0) is 9.59 Å². The molecule has 41 heavy (non-hydrogen) atoms. The lowest BCUT2D eigenvalue weighted by atomic mass is 10.1. The summed E-state index contributed by atoms with van der Waals surface area (Å²) in [4.78, 5) is 37.0. The van der Waals surface area contributed by atoms with E-state index in [9.17, 15) is 36.3 Å². The first-order chi connectivity index (χ1) is 19.1. The van der Waals surface area contributed by atoms with Crippen LogP contribution in [0.2, 0.25) is 15.1 Å². The maximum absolute atomic E-state index is 14.7. The second-order valence-corrected chi connectivity index (χ2v) is 11.3. The first kappa shape index (κ1) is 31.1. The number of benzene rings is 3. The van der Waals surface area contributed by atoms with E-state index in [1.807, 2.05) is 5.32 Å². The topological polar surface area (TPSA) is 87.3 Å². The molecule has 0 bridgehead atoms. The molecule has 3 aromatic rings. The number of hydrogen-bond donors (Lipinski definition) is 3. The van der Waals surface area contributed by atoms with Gasteiger partial charge in [-0.25, -0.2) is 13.2 Å². The van der Waals surface area contributed by atoms with E-state index < -0.39 is 79.7 Å². The fraction of sp³-hybridized carbons (Fsp3) is 0.160. The van der Waals surface area contributed by atoms with Crippen molar-refractivity contribution in [3.8, 4) is 0 Å². The molecule has 1 unspecified atom stereocenters. The van der Waals surface area contributed by atoms with Crippen molar-refractivity contribution in [1.29, 1.82) is 0 Å². The van der Waals surface area contributed by atoms with Crippen molar-refractivity contribution in [2.75, 3.05) is 16.0 Å². The van der Waals surface area contributed by atoms with E-state index in [0.29, 0.717) is 17.7 Å². The standard InChI is InChI=1S/C25H13Cl5F5N3O3/c26-11-2-1-8(5-12(11)27)16-17(25(16,29)30)23(40)36-9-6-10(18(28)14(32)7-9)22(39)38-20-13(31)3-4-15(19(20)33)37-24(41)21(34)35/h1-7,16-17,21H,(H,36,40)(H,37,41)(H,38,39)/t16-,17?/m0/s1. The van der Waals surface area contributed by atoms with Crippen molar-refractivity contribution in [3.63, 3.8) is 0 Å². The normalized spacial score (nSPS) is 17.2. The second-order valence-electron chi connectivity index (χ2n) is 8.64. The van der Waals surface area contributed by atoms with Crippen LogP contribution in [0, 0.1) is 23.4 Å². The molecule has 1 aliphatic carbocycles. The van der Waals surface area contributed by atoms with E-state index in [-0.39, 0.29) is 15.7 Å². The molecule has 1 saturated carbocycles. The SMILES string of the molecule is O=C(Nc1c(F)ccc(NC(=O)C(F)F)c1F)c1cc(NC(=O)C2[C@H](c3ccc(Cl)c(Cl)c3)C2(Cl)Cl)cc(F)c1Cl. The summed E-state index contributed by atoms with van der Waals surface area (Å²) in [6.45, 7) is 0. The number of rotatable bonds is 7. The van der Waals surface area contributed by atoms with Gasteiger partial charge in [0.05, 0.1) is 32.2 Å². The van der Waals surface area contributed by atoms with Gasteiger partial charge in [-0.15, -0.1) is 23.2 Å². The highest BCUT2D eigenvalue weighted by atomic mass is 35.5. The van der Waals surface area contributed by atoms with Crippen LogP contribution in [0.1, 0.15) is 21.8 Å². The molecule has 16 heteroatoms. The summed E-state index contributed by atoms with van der Waals surface area (Å²) in [5.74, 6) is -9.88. The number of alkyl halides is 4. The number of halogens is 10. The van der Waals surface area contributed by atoms with Gasteiger partial charge in [-0.1, -0.05) is 40.9 Å². The molecule has 6 nitrogen and oxygen atoms in total. The Morgan fingerprint density at radius 2 is 1.51 bits per heavy atom. The van der Waals surface area contributed by atoms with Crippen LogP contribution in [0.25, 0.3) is 0 Å². The van der Waals surface area contributed by atoms with Crippen molar-refractivity contribution < 1.29 is 36.3 Å². The van der Waals surface area contributed by atoms with Crippen LogP contribution in [0.3, 0.4) is 0 Å². The first-order valence-corrected chi connectivity index (χ1v) is 13.0. The Morgan fingerprint density at radius 1 is 0.829 bits per heavy atom. The molecule has 1 aliphatic rings. The lowest BCUT2D eigenvalue weighted by Gasteiger charge is -2.14. The van der Waals surface area contributed by atoms with E-state index >= 15 is 0 Å². The molecule has 3 amide bonds. The zero-order valence-electron chi connectivity index (χ0n) is 19.8. The molecule has 0 spiro atoms. The molecule has 0 saturated heterocycles. The molecule has 216 valence electrons. The molecule has 0 aromatic heterocycles. The number of hydrogen-bond acceptors (Lipinski definition) is 3. The van der Waals surface area contributed by atoms with Crippen molar-refractivity contribution in [3.05, 3.63) is 86.1 Å². The minimum Gasteiger partial charge on any atom is -0.326 e. The van der Waals surface area contributed by atoms with Crippen LogP contribution in [0.5, 0.6) is 0 Å². The molecule has 1 fully saturated rings. The highest BCUT2D eigenvalue weighted by molar-refractivity contribution is 6.53. The van der Waals surface area contributed by atoms with E-state index in [1.165, 1.54) is 17.4 Å². The van der Waals surface area contributed by atoms with Crippen LogP contribution in [-0.4, -0.2) is 28.5 Å². The predicted molar refractivity (Wildman–Crippen MR) is 146 cm³/mol. The van der Waals surface area contributed by atoms with Gasteiger partial charge in [0.2, 0.25) is 5.91 Å². The lowest BCUT2D eigenvalue weighted by molar-refractivity contribution is -0.126. The van der Waals surface area contributed by atoms with E-state index in [0.717, 1.165) is 12.1 Å². The molecule has 3 N–H and O–H groups in total. The van der Waals surface area contributed by atoms with Gasteiger partial charge in [-0.2, -0.15) is 8.78 Å². The Hall–Kier alpha value is -2.83. The summed E-state index contributed by atoms with van der Waals surface area (Å²) >= 11 is 30.5. The molecular weight excluding hydrogens is 663 g/mol. The Kier molecular flexibility index (Phi) is 8.96. The van der Waals surface area contributed by atoms with Gasteiger partial charge in [0, 0.05) is 11.6 Å². The maximum Gasteiger partial charge on any atom is 0.315 e. The molecule has 2 atom stereocenters. The van der Waals surface area contributed by atoms with E-state index in [1.54, 1.807) is 6.07 Å². The van der Waals surface area contributed by atoms with Crippen molar-refractivity contribution in [2.24, 2.45) is 5.92 Å². The highest BCUT2D eigenvalue weighted by Gasteiger charge is 2.67. The number of anilines is 3. The van der Waals surface area contributed by atoms with Gasteiger partial charge < -0.3 is 16.0 Å². The van der Waals surface area contributed by atoms with Crippen molar-refractivity contribution in [2.45, 2.75) is 16.7 Å². The predicted octanol–water partition coefficient (Wildman–Crippen LogP) is 8.05. The monoisotopic (exact) mass is 673 g/mol. The van der Waals surface area contributed by atoms with Gasteiger partial charge in [0.1, 0.15) is 21.7 Å². The van der Waals surface area contributed by atoms with Gasteiger partial charge in [0.25, 0.3) is 11.8 Å². The Labute approximate surface area is 253 Å². The Bertz CT molecular complexity index is 1590. The zero-order valence-corrected chi connectivity index (χ0v) is 23.6. The minimum atomic E-state index is -3.50. The summed E-state index contributed by atoms with van der Waals surface area (Å²) in [6.07, 6.45) is -3.50. The second kappa shape index (κ2) is 11.8. The zero-order chi connectivity index (χ0) is 30.4. The lowest BCUT2D eigenvalue weighted by Crippen LogP contribution is -2.22.